The minimum Gasteiger partial charge on any atom is -0.489 e. The maximum absolute atomic E-state index is 11.9. The lowest BCUT2D eigenvalue weighted by atomic mass is 10.2. The lowest BCUT2D eigenvalue weighted by Gasteiger charge is -2.12. The van der Waals surface area contributed by atoms with Crippen molar-refractivity contribution in [2.75, 3.05) is 11.1 Å². The van der Waals surface area contributed by atoms with E-state index >= 15 is 0 Å². The van der Waals surface area contributed by atoms with Gasteiger partial charge in [0.25, 0.3) is 0 Å². The Bertz CT molecular complexity index is 643. The number of thiazole rings is 1. The van der Waals surface area contributed by atoms with Gasteiger partial charge in [-0.15, -0.1) is 11.3 Å². The number of rotatable bonds is 5. The van der Waals surface area contributed by atoms with Gasteiger partial charge in [0.05, 0.1) is 23.2 Å². The first-order chi connectivity index (χ1) is 9.94. The van der Waals surface area contributed by atoms with Gasteiger partial charge >= 0.3 is 0 Å². The van der Waals surface area contributed by atoms with Crippen LogP contribution in [0, 0.1) is 0 Å². The van der Waals surface area contributed by atoms with Crippen molar-refractivity contribution in [3.05, 3.63) is 34.3 Å². The van der Waals surface area contributed by atoms with Crippen molar-refractivity contribution in [1.82, 2.24) is 4.98 Å². The average molecular weight is 326 g/mol. The normalized spacial score (nSPS) is 10.7. The third-order valence-corrected chi connectivity index (χ3v) is 3.51. The van der Waals surface area contributed by atoms with E-state index in [0.29, 0.717) is 27.3 Å². The van der Waals surface area contributed by atoms with Crippen LogP contribution >= 0.6 is 22.9 Å². The summed E-state index contributed by atoms with van der Waals surface area (Å²) in [5, 5.41) is 5.44. The number of nitrogens with two attached hydrogens (primary N) is 1. The standard InChI is InChI=1S/C14H16ClN3O2S/c1-8(2)20-12-4-3-9(5-11(12)15)17-13(19)6-10-7-21-14(16)18-10/h3-5,7-8H,6H2,1-2H3,(H2,16,18)(H,17,19). The van der Waals surface area contributed by atoms with Crippen LogP contribution < -0.4 is 15.8 Å². The second-order valence-corrected chi connectivity index (χ2v) is 6.01. The molecule has 1 aromatic heterocycles. The molecule has 0 fully saturated rings. The summed E-state index contributed by atoms with van der Waals surface area (Å²) in [6.45, 7) is 3.84. The molecule has 0 atom stereocenters. The topological polar surface area (TPSA) is 77.2 Å². The monoisotopic (exact) mass is 325 g/mol. The molecule has 2 rings (SSSR count). The molecule has 3 N–H and O–H groups in total. The van der Waals surface area contributed by atoms with Crippen molar-refractivity contribution >= 4 is 39.7 Å². The van der Waals surface area contributed by atoms with Crippen molar-refractivity contribution < 1.29 is 9.53 Å². The molecule has 112 valence electrons. The van der Waals surface area contributed by atoms with Gasteiger partial charge in [-0.3, -0.25) is 4.79 Å². The number of nitrogens with one attached hydrogen (secondary N) is 1. The molecule has 0 aliphatic rings. The van der Waals surface area contributed by atoms with Gasteiger partial charge in [0.15, 0.2) is 5.13 Å². The number of nitrogen functional groups attached to an aromatic ring is 1. The van der Waals surface area contributed by atoms with Crippen LogP contribution in [0.5, 0.6) is 5.75 Å². The zero-order chi connectivity index (χ0) is 15.4. The van der Waals surface area contributed by atoms with Crippen molar-refractivity contribution in [3.8, 4) is 5.75 Å². The molecular weight excluding hydrogens is 310 g/mol. The lowest BCUT2D eigenvalue weighted by molar-refractivity contribution is -0.115. The molecule has 1 heterocycles. The quantitative estimate of drug-likeness (QED) is 0.883. The van der Waals surface area contributed by atoms with Crippen LogP contribution in [-0.4, -0.2) is 17.0 Å². The first kappa shape index (κ1) is 15.6. The average Bonchev–Trinajstić information content (AvgIpc) is 2.77. The van der Waals surface area contributed by atoms with E-state index in [1.54, 1.807) is 23.6 Å². The van der Waals surface area contributed by atoms with Crippen molar-refractivity contribution in [2.24, 2.45) is 0 Å². The van der Waals surface area contributed by atoms with Gasteiger partial charge < -0.3 is 15.8 Å². The first-order valence-electron chi connectivity index (χ1n) is 6.40. The van der Waals surface area contributed by atoms with E-state index in [0.717, 1.165) is 0 Å². The number of nitrogens with zero attached hydrogens (tertiary/aromatic N) is 1. The summed E-state index contributed by atoms with van der Waals surface area (Å²) in [6.07, 6.45) is 0.216. The third kappa shape index (κ3) is 4.61. The number of carbonyl (C=O) groups is 1. The van der Waals surface area contributed by atoms with Crippen LogP contribution in [-0.2, 0) is 11.2 Å². The fraction of sp³-hybridized carbons (Fsp3) is 0.286. The SMILES string of the molecule is CC(C)Oc1ccc(NC(=O)Cc2csc(N)n2)cc1Cl. The predicted molar refractivity (Wildman–Crippen MR) is 86.1 cm³/mol. The van der Waals surface area contributed by atoms with Crippen LogP contribution in [0.4, 0.5) is 10.8 Å². The molecule has 1 aromatic carbocycles. The smallest absolute Gasteiger partial charge is 0.230 e. The largest absolute Gasteiger partial charge is 0.489 e. The number of hydrogen-bond acceptors (Lipinski definition) is 5. The molecule has 1 amide bonds. The van der Waals surface area contributed by atoms with Gasteiger partial charge in [-0.2, -0.15) is 0 Å². The Labute approximate surface area is 132 Å². The zero-order valence-corrected chi connectivity index (χ0v) is 13.3. The van der Waals surface area contributed by atoms with Crippen LogP contribution in [0.1, 0.15) is 19.5 Å². The number of hydrogen-bond donors (Lipinski definition) is 2. The summed E-state index contributed by atoms with van der Waals surface area (Å²) in [7, 11) is 0. The van der Waals surface area contributed by atoms with Gasteiger partial charge in [0.2, 0.25) is 5.91 Å². The number of anilines is 2. The Morgan fingerprint density at radius 1 is 1.52 bits per heavy atom. The molecule has 21 heavy (non-hydrogen) atoms. The zero-order valence-electron chi connectivity index (χ0n) is 11.7. The highest BCUT2D eigenvalue weighted by Gasteiger charge is 2.09. The highest BCUT2D eigenvalue weighted by molar-refractivity contribution is 7.13. The van der Waals surface area contributed by atoms with E-state index < -0.39 is 0 Å². The Morgan fingerprint density at radius 2 is 2.29 bits per heavy atom. The number of halogens is 1. The Hall–Kier alpha value is -1.79. The number of ether oxygens (including phenoxy) is 1. The number of benzene rings is 1. The number of amides is 1. The number of aromatic nitrogens is 1. The molecule has 0 saturated carbocycles. The van der Waals surface area contributed by atoms with Gasteiger partial charge in [-0.25, -0.2) is 4.98 Å². The molecule has 7 heteroatoms. The van der Waals surface area contributed by atoms with Gasteiger partial charge in [0, 0.05) is 11.1 Å². The van der Waals surface area contributed by atoms with Gasteiger partial charge in [0.1, 0.15) is 5.75 Å². The van der Waals surface area contributed by atoms with E-state index in [4.69, 9.17) is 22.1 Å². The second kappa shape index (κ2) is 6.78. The molecular formula is C14H16ClN3O2S. The third-order valence-electron chi connectivity index (χ3n) is 2.49. The maximum Gasteiger partial charge on any atom is 0.230 e. The van der Waals surface area contributed by atoms with E-state index in [-0.39, 0.29) is 18.4 Å². The Balaban J connectivity index is 1.99. The van der Waals surface area contributed by atoms with Crippen molar-refractivity contribution in [3.63, 3.8) is 0 Å². The summed E-state index contributed by atoms with van der Waals surface area (Å²) in [6, 6.07) is 5.14. The molecule has 0 unspecified atom stereocenters. The summed E-state index contributed by atoms with van der Waals surface area (Å²) >= 11 is 7.43. The van der Waals surface area contributed by atoms with Gasteiger partial charge in [-0.1, -0.05) is 11.6 Å². The predicted octanol–water partition coefficient (Wildman–Crippen LogP) is 3.35. The van der Waals surface area contributed by atoms with Gasteiger partial charge in [-0.05, 0) is 32.0 Å². The maximum atomic E-state index is 11.9. The summed E-state index contributed by atoms with van der Waals surface area (Å²) in [5.74, 6) is 0.422. The van der Waals surface area contributed by atoms with E-state index in [9.17, 15) is 4.79 Å². The Morgan fingerprint density at radius 3 is 2.86 bits per heavy atom. The van der Waals surface area contributed by atoms with E-state index in [1.807, 2.05) is 13.8 Å². The Kier molecular flexibility index (Phi) is 5.03. The summed E-state index contributed by atoms with van der Waals surface area (Å²) < 4.78 is 5.54. The second-order valence-electron chi connectivity index (χ2n) is 4.71. The molecule has 0 spiro atoms. The van der Waals surface area contributed by atoms with Crippen LogP contribution in [0.2, 0.25) is 5.02 Å². The molecule has 0 aliphatic heterocycles. The molecule has 0 saturated heterocycles. The fourth-order valence-corrected chi connectivity index (χ4v) is 2.49. The molecule has 5 nitrogen and oxygen atoms in total. The molecule has 2 aromatic rings. The summed E-state index contributed by atoms with van der Waals surface area (Å²) in [4.78, 5) is 15.9. The molecule has 0 bridgehead atoms. The highest BCUT2D eigenvalue weighted by atomic mass is 35.5. The first-order valence-corrected chi connectivity index (χ1v) is 7.65. The fourth-order valence-electron chi connectivity index (χ4n) is 1.70. The van der Waals surface area contributed by atoms with Crippen molar-refractivity contribution in [2.45, 2.75) is 26.4 Å². The molecule has 0 radical (unpaired) electrons. The summed E-state index contributed by atoms with van der Waals surface area (Å²) in [5.41, 5.74) is 6.80. The van der Waals surface area contributed by atoms with Crippen LogP contribution in [0.3, 0.4) is 0 Å². The molecule has 0 aliphatic carbocycles. The minimum absolute atomic E-state index is 0.0399. The lowest BCUT2D eigenvalue weighted by Crippen LogP contribution is -2.14. The van der Waals surface area contributed by atoms with E-state index in [1.165, 1.54) is 11.3 Å². The van der Waals surface area contributed by atoms with E-state index in [2.05, 4.69) is 10.3 Å². The van der Waals surface area contributed by atoms with Crippen LogP contribution in [0.15, 0.2) is 23.6 Å². The highest BCUT2D eigenvalue weighted by Crippen LogP contribution is 2.28. The minimum atomic E-state index is -0.172. The number of carbonyl (C=O) groups excluding carboxylic acids is 1. The van der Waals surface area contributed by atoms with Crippen molar-refractivity contribution in [1.29, 1.82) is 0 Å². The van der Waals surface area contributed by atoms with Crippen LogP contribution in [0.25, 0.3) is 0 Å².